The zero-order valence-electron chi connectivity index (χ0n) is 13.4. The van der Waals surface area contributed by atoms with Crippen LogP contribution in [0.5, 0.6) is 0 Å². The molecule has 5 nitrogen and oxygen atoms in total. The molecule has 1 fully saturated rings. The molecule has 23 heavy (non-hydrogen) atoms. The van der Waals surface area contributed by atoms with Crippen molar-refractivity contribution in [3.05, 3.63) is 54.4 Å². The average molecular weight is 333 g/mol. The van der Waals surface area contributed by atoms with Gasteiger partial charge in [0, 0.05) is 38.1 Å². The Balaban J connectivity index is 1.64. The molecule has 1 aliphatic heterocycles. The Kier molecular flexibility index (Phi) is 4.84. The number of nitrogens with one attached hydrogen (secondary N) is 1. The van der Waals surface area contributed by atoms with Gasteiger partial charge in [0.25, 0.3) is 0 Å². The van der Waals surface area contributed by atoms with E-state index in [9.17, 15) is 8.42 Å². The van der Waals surface area contributed by atoms with Crippen LogP contribution >= 0.6 is 0 Å². The SMILES string of the molecule is Cn1cccc1CN1CCCC(NS(=O)(=O)c2ccccc2)C1. The first kappa shape index (κ1) is 16.2. The lowest BCUT2D eigenvalue weighted by Crippen LogP contribution is -2.47. The maximum atomic E-state index is 12.4. The topological polar surface area (TPSA) is 54.3 Å². The molecule has 3 rings (SSSR count). The molecular weight excluding hydrogens is 310 g/mol. The van der Waals surface area contributed by atoms with E-state index in [0.29, 0.717) is 4.90 Å². The number of likely N-dealkylation sites (tertiary alicyclic amines) is 1. The zero-order chi connectivity index (χ0) is 16.3. The Morgan fingerprint density at radius 3 is 2.65 bits per heavy atom. The predicted molar refractivity (Wildman–Crippen MR) is 90.5 cm³/mol. The fourth-order valence-corrected chi connectivity index (χ4v) is 4.36. The lowest BCUT2D eigenvalue weighted by atomic mass is 10.1. The van der Waals surface area contributed by atoms with E-state index in [1.165, 1.54) is 5.69 Å². The van der Waals surface area contributed by atoms with Gasteiger partial charge in [-0.25, -0.2) is 13.1 Å². The number of sulfonamides is 1. The van der Waals surface area contributed by atoms with Crippen LogP contribution in [0.2, 0.25) is 0 Å². The van der Waals surface area contributed by atoms with E-state index in [2.05, 4.69) is 20.3 Å². The standard InChI is InChI=1S/C17H23N3O2S/c1-19-11-6-8-16(19)14-20-12-5-7-15(13-20)18-23(21,22)17-9-3-2-4-10-17/h2-4,6,8-11,15,18H,5,7,12-14H2,1H3. The van der Waals surface area contributed by atoms with Crippen LogP contribution in [-0.4, -0.2) is 37.0 Å². The minimum absolute atomic E-state index is 0.0331. The molecule has 1 saturated heterocycles. The normalized spacial score (nSPS) is 19.8. The van der Waals surface area contributed by atoms with E-state index < -0.39 is 10.0 Å². The maximum Gasteiger partial charge on any atom is 0.240 e. The van der Waals surface area contributed by atoms with E-state index in [0.717, 1.165) is 32.5 Å². The minimum Gasteiger partial charge on any atom is -0.353 e. The monoisotopic (exact) mass is 333 g/mol. The van der Waals surface area contributed by atoms with Crippen molar-refractivity contribution in [1.29, 1.82) is 0 Å². The summed E-state index contributed by atoms with van der Waals surface area (Å²) >= 11 is 0. The summed E-state index contributed by atoms with van der Waals surface area (Å²) in [5.41, 5.74) is 1.25. The largest absolute Gasteiger partial charge is 0.353 e. The highest BCUT2D eigenvalue weighted by Gasteiger charge is 2.25. The van der Waals surface area contributed by atoms with Crippen LogP contribution in [0.3, 0.4) is 0 Å². The summed E-state index contributed by atoms with van der Waals surface area (Å²) < 4.78 is 29.9. The summed E-state index contributed by atoms with van der Waals surface area (Å²) in [6, 6.07) is 12.7. The van der Waals surface area contributed by atoms with Gasteiger partial charge in [-0.15, -0.1) is 0 Å². The number of piperidine rings is 1. The molecule has 124 valence electrons. The van der Waals surface area contributed by atoms with Crippen molar-refractivity contribution in [1.82, 2.24) is 14.2 Å². The smallest absolute Gasteiger partial charge is 0.240 e. The van der Waals surface area contributed by atoms with Gasteiger partial charge in [0.05, 0.1) is 4.90 Å². The van der Waals surface area contributed by atoms with Gasteiger partial charge in [0.1, 0.15) is 0 Å². The molecule has 1 N–H and O–H groups in total. The highest BCUT2D eigenvalue weighted by atomic mass is 32.2. The number of aryl methyl sites for hydroxylation is 1. The molecule has 1 aliphatic rings. The third-order valence-corrected chi connectivity index (χ3v) is 5.85. The molecule has 0 aliphatic carbocycles. The molecule has 1 aromatic heterocycles. The maximum absolute atomic E-state index is 12.4. The van der Waals surface area contributed by atoms with Gasteiger partial charge in [-0.2, -0.15) is 0 Å². The molecule has 2 aromatic rings. The van der Waals surface area contributed by atoms with Crippen LogP contribution in [0.4, 0.5) is 0 Å². The van der Waals surface area contributed by atoms with Gasteiger partial charge in [-0.3, -0.25) is 4.90 Å². The van der Waals surface area contributed by atoms with Crippen LogP contribution in [0.15, 0.2) is 53.6 Å². The number of rotatable bonds is 5. The van der Waals surface area contributed by atoms with Crippen LogP contribution in [-0.2, 0) is 23.6 Å². The van der Waals surface area contributed by atoms with Crippen molar-refractivity contribution in [3.63, 3.8) is 0 Å². The first-order valence-electron chi connectivity index (χ1n) is 7.94. The van der Waals surface area contributed by atoms with E-state index >= 15 is 0 Å². The van der Waals surface area contributed by atoms with Crippen LogP contribution in [0.25, 0.3) is 0 Å². The quantitative estimate of drug-likeness (QED) is 0.910. The van der Waals surface area contributed by atoms with E-state index in [1.807, 2.05) is 25.4 Å². The predicted octanol–water partition coefficient (Wildman–Crippen LogP) is 1.97. The number of benzene rings is 1. The van der Waals surface area contributed by atoms with Crippen LogP contribution < -0.4 is 4.72 Å². The lowest BCUT2D eigenvalue weighted by Gasteiger charge is -2.33. The minimum atomic E-state index is -3.44. The van der Waals surface area contributed by atoms with Gasteiger partial charge in [-0.05, 0) is 43.7 Å². The Labute approximate surface area is 138 Å². The number of aromatic nitrogens is 1. The summed E-state index contributed by atoms with van der Waals surface area (Å²) in [6.07, 6.45) is 3.93. The summed E-state index contributed by atoms with van der Waals surface area (Å²) in [4.78, 5) is 2.65. The summed E-state index contributed by atoms with van der Waals surface area (Å²) in [7, 11) is -1.40. The molecule has 0 saturated carbocycles. The Morgan fingerprint density at radius 1 is 1.17 bits per heavy atom. The molecular formula is C17H23N3O2S. The van der Waals surface area contributed by atoms with Gasteiger partial charge in [0.2, 0.25) is 10.0 Å². The third kappa shape index (κ3) is 4.02. The second-order valence-electron chi connectivity index (χ2n) is 6.12. The zero-order valence-corrected chi connectivity index (χ0v) is 14.2. The van der Waals surface area contributed by atoms with Crippen LogP contribution in [0, 0.1) is 0 Å². The number of nitrogens with zero attached hydrogens (tertiary/aromatic N) is 2. The van der Waals surface area contributed by atoms with E-state index in [-0.39, 0.29) is 6.04 Å². The van der Waals surface area contributed by atoms with Crippen molar-refractivity contribution < 1.29 is 8.42 Å². The second kappa shape index (κ2) is 6.86. The van der Waals surface area contributed by atoms with Crippen molar-refractivity contribution in [3.8, 4) is 0 Å². The fraction of sp³-hybridized carbons (Fsp3) is 0.412. The highest BCUT2D eigenvalue weighted by molar-refractivity contribution is 7.89. The van der Waals surface area contributed by atoms with Crippen LogP contribution in [0.1, 0.15) is 18.5 Å². The first-order chi connectivity index (χ1) is 11.0. The Morgan fingerprint density at radius 2 is 1.96 bits per heavy atom. The Bertz CT molecular complexity index is 740. The van der Waals surface area contributed by atoms with Gasteiger partial charge >= 0.3 is 0 Å². The summed E-state index contributed by atoms with van der Waals surface area (Å²) in [5, 5.41) is 0. The molecule has 2 heterocycles. The lowest BCUT2D eigenvalue weighted by molar-refractivity contribution is 0.191. The van der Waals surface area contributed by atoms with Crippen molar-refractivity contribution >= 4 is 10.0 Å². The van der Waals surface area contributed by atoms with Crippen molar-refractivity contribution in [2.75, 3.05) is 13.1 Å². The summed E-state index contributed by atoms with van der Waals surface area (Å²) in [6.45, 7) is 2.61. The van der Waals surface area contributed by atoms with Crippen molar-refractivity contribution in [2.45, 2.75) is 30.3 Å². The van der Waals surface area contributed by atoms with Gasteiger partial charge in [0.15, 0.2) is 0 Å². The molecule has 1 unspecified atom stereocenters. The molecule has 1 aromatic carbocycles. The van der Waals surface area contributed by atoms with E-state index in [4.69, 9.17) is 0 Å². The van der Waals surface area contributed by atoms with Gasteiger partial charge in [-0.1, -0.05) is 18.2 Å². The number of hydrogen-bond donors (Lipinski definition) is 1. The average Bonchev–Trinajstić information content (AvgIpc) is 2.93. The molecule has 1 atom stereocenters. The molecule has 0 spiro atoms. The Hall–Kier alpha value is -1.63. The fourth-order valence-electron chi connectivity index (χ4n) is 3.07. The van der Waals surface area contributed by atoms with Crippen molar-refractivity contribution in [2.24, 2.45) is 7.05 Å². The molecule has 0 amide bonds. The third-order valence-electron chi connectivity index (χ3n) is 4.32. The highest BCUT2D eigenvalue weighted by Crippen LogP contribution is 2.16. The van der Waals surface area contributed by atoms with Gasteiger partial charge < -0.3 is 4.57 Å². The second-order valence-corrected chi connectivity index (χ2v) is 7.83. The molecule has 6 heteroatoms. The molecule has 0 radical (unpaired) electrons. The summed E-state index contributed by atoms with van der Waals surface area (Å²) in [5.74, 6) is 0. The molecule has 0 bridgehead atoms. The number of hydrogen-bond acceptors (Lipinski definition) is 3. The first-order valence-corrected chi connectivity index (χ1v) is 9.43. The van der Waals surface area contributed by atoms with E-state index in [1.54, 1.807) is 24.3 Å².